The number of ether oxygens (including phenoxy) is 1. The molecule has 0 atom stereocenters. The van der Waals surface area contributed by atoms with Gasteiger partial charge in [-0.2, -0.15) is 0 Å². The Bertz CT molecular complexity index is 643. The second-order valence-electron chi connectivity index (χ2n) is 8.85. The molecule has 1 heterocycles. The van der Waals surface area contributed by atoms with Crippen LogP contribution in [0.1, 0.15) is 78.1 Å². The van der Waals surface area contributed by atoms with Gasteiger partial charge in [-0.3, -0.25) is 0 Å². The number of carbonyl (C=O) groups is 1. The summed E-state index contributed by atoms with van der Waals surface area (Å²) in [6, 6.07) is 7.60. The molecule has 1 aliphatic carbocycles. The van der Waals surface area contributed by atoms with Crippen molar-refractivity contribution >= 4 is 11.7 Å². The Morgan fingerprint density at radius 1 is 1.21 bits per heavy atom. The number of nitrogens with zero attached hydrogens (tertiary/aromatic N) is 1. The van der Waals surface area contributed by atoms with Gasteiger partial charge in [0.15, 0.2) is 0 Å². The maximum Gasteiger partial charge on any atom is 0.321 e. The van der Waals surface area contributed by atoms with Crippen molar-refractivity contribution in [3.05, 3.63) is 24.3 Å². The van der Waals surface area contributed by atoms with E-state index >= 15 is 0 Å². The van der Waals surface area contributed by atoms with E-state index in [-0.39, 0.29) is 6.03 Å². The maximum absolute atomic E-state index is 12.7. The first-order chi connectivity index (χ1) is 14.0. The van der Waals surface area contributed by atoms with Gasteiger partial charge in [-0.25, -0.2) is 4.79 Å². The minimum absolute atomic E-state index is 0.0902. The third kappa shape index (κ3) is 5.88. The smallest absolute Gasteiger partial charge is 0.321 e. The van der Waals surface area contributed by atoms with E-state index in [1.165, 1.54) is 12.8 Å². The van der Waals surface area contributed by atoms with Crippen LogP contribution in [0.15, 0.2) is 24.3 Å². The zero-order valence-electron chi connectivity index (χ0n) is 18.2. The molecule has 29 heavy (non-hydrogen) atoms. The molecule has 2 N–H and O–H groups in total. The van der Waals surface area contributed by atoms with Gasteiger partial charge in [0.25, 0.3) is 0 Å². The number of hydrogen-bond acceptors (Lipinski definition) is 3. The molecule has 1 saturated heterocycles. The first-order valence-corrected chi connectivity index (χ1v) is 11.6. The van der Waals surface area contributed by atoms with E-state index in [2.05, 4.69) is 19.2 Å². The van der Waals surface area contributed by atoms with Crippen molar-refractivity contribution in [3.8, 4) is 5.75 Å². The summed E-state index contributed by atoms with van der Waals surface area (Å²) in [5, 5.41) is 14.2. The van der Waals surface area contributed by atoms with Crippen LogP contribution in [-0.4, -0.2) is 40.8 Å². The first-order valence-electron chi connectivity index (χ1n) is 11.6. The second-order valence-corrected chi connectivity index (χ2v) is 8.85. The highest BCUT2D eigenvalue weighted by molar-refractivity contribution is 5.89. The lowest BCUT2D eigenvalue weighted by molar-refractivity contribution is -0.0651. The van der Waals surface area contributed by atoms with Crippen molar-refractivity contribution in [3.63, 3.8) is 0 Å². The van der Waals surface area contributed by atoms with Crippen LogP contribution < -0.4 is 10.1 Å². The van der Waals surface area contributed by atoms with Crippen molar-refractivity contribution in [1.82, 2.24) is 4.90 Å². The van der Waals surface area contributed by atoms with E-state index in [4.69, 9.17) is 4.74 Å². The van der Waals surface area contributed by atoms with Crippen LogP contribution in [0.25, 0.3) is 0 Å². The fourth-order valence-corrected chi connectivity index (χ4v) is 4.93. The van der Waals surface area contributed by atoms with E-state index in [1.54, 1.807) is 0 Å². The number of likely N-dealkylation sites (tertiary alicyclic amines) is 1. The molecule has 3 rings (SSSR count). The van der Waals surface area contributed by atoms with Gasteiger partial charge in [0, 0.05) is 24.8 Å². The van der Waals surface area contributed by atoms with Gasteiger partial charge < -0.3 is 20.1 Å². The lowest BCUT2D eigenvalue weighted by Crippen LogP contribution is -2.51. The minimum Gasteiger partial charge on any atom is -0.490 e. The van der Waals surface area contributed by atoms with E-state index in [0.717, 1.165) is 50.0 Å². The number of amides is 2. The monoisotopic (exact) mass is 402 g/mol. The normalized spacial score (nSPS) is 19.5. The first kappa shape index (κ1) is 21.9. The topological polar surface area (TPSA) is 61.8 Å². The summed E-state index contributed by atoms with van der Waals surface area (Å²) in [5.41, 5.74) is 0.138. The molecule has 1 aliphatic heterocycles. The highest BCUT2D eigenvalue weighted by Crippen LogP contribution is 2.36. The largest absolute Gasteiger partial charge is 0.490 e. The summed E-state index contributed by atoms with van der Waals surface area (Å²) in [6.45, 7) is 5.56. The van der Waals surface area contributed by atoms with Crippen LogP contribution in [0.2, 0.25) is 0 Å². The molecule has 162 valence electrons. The van der Waals surface area contributed by atoms with Crippen molar-refractivity contribution in [1.29, 1.82) is 0 Å². The molecule has 0 unspecified atom stereocenters. The quantitative estimate of drug-likeness (QED) is 0.596. The van der Waals surface area contributed by atoms with E-state index in [9.17, 15) is 9.90 Å². The molecule has 1 saturated carbocycles. The van der Waals surface area contributed by atoms with E-state index < -0.39 is 5.60 Å². The van der Waals surface area contributed by atoms with Crippen LogP contribution in [0.5, 0.6) is 5.75 Å². The lowest BCUT2D eigenvalue weighted by atomic mass is 9.75. The molecule has 0 bridgehead atoms. The second kappa shape index (κ2) is 10.3. The SMILES string of the molecule is CCCC(CCC)C1(O)CCN(C(=O)Nc2cccc(OC3CCCC3)c2)CC1. The highest BCUT2D eigenvalue weighted by atomic mass is 16.5. The third-order valence-corrected chi connectivity index (χ3v) is 6.64. The Morgan fingerprint density at radius 3 is 2.48 bits per heavy atom. The van der Waals surface area contributed by atoms with Crippen molar-refractivity contribution < 1.29 is 14.6 Å². The molecule has 2 aliphatic rings. The molecular weight excluding hydrogens is 364 g/mol. The zero-order chi connectivity index (χ0) is 20.7. The average molecular weight is 403 g/mol. The van der Waals surface area contributed by atoms with Gasteiger partial charge in [0.2, 0.25) is 0 Å². The van der Waals surface area contributed by atoms with E-state index in [0.29, 0.717) is 38.0 Å². The van der Waals surface area contributed by atoms with E-state index in [1.807, 2.05) is 29.2 Å². The summed E-state index contributed by atoms with van der Waals surface area (Å²) in [5.74, 6) is 1.16. The molecule has 0 radical (unpaired) electrons. The molecule has 1 aromatic carbocycles. The van der Waals surface area contributed by atoms with Crippen molar-refractivity contribution in [2.45, 2.75) is 89.8 Å². The fraction of sp³-hybridized carbons (Fsp3) is 0.708. The van der Waals surface area contributed by atoms with Crippen molar-refractivity contribution in [2.75, 3.05) is 18.4 Å². The van der Waals surface area contributed by atoms with Gasteiger partial charge in [0.1, 0.15) is 5.75 Å². The maximum atomic E-state index is 12.7. The zero-order valence-corrected chi connectivity index (χ0v) is 18.2. The predicted molar refractivity (Wildman–Crippen MR) is 117 cm³/mol. The summed E-state index contributed by atoms with van der Waals surface area (Å²) < 4.78 is 6.04. The molecule has 2 amide bonds. The molecule has 0 spiro atoms. The third-order valence-electron chi connectivity index (χ3n) is 6.64. The Labute approximate surface area is 175 Å². The van der Waals surface area contributed by atoms with Crippen LogP contribution in [0, 0.1) is 5.92 Å². The summed E-state index contributed by atoms with van der Waals surface area (Å²) >= 11 is 0. The number of piperidine rings is 1. The number of aliphatic hydroxyl groups is 1. The summed E-state index contributed by atoms with van der Waals surface area (Å²) in [7, 11) is 0. The van der Waals surface area contributed by atoms with Gasteiger partial charge in [-0.05, 0) is 69.4 Å². The predicted octanol–water partition coefficient (Wildman–Crippen LogP) is 5.58. The standard InChI is InChI=1S/C24H38N2O3/c1-3-8-19(9-4-2)24(28)14-16-26(17-15-24)23(27)25-20-10-7-13-22(18-20)29-21-11-5-6-12-21/h7,10,13,18-19,21,28H,3-6,8-9,11-12,14-17H2,1-2H3,(H,25,27). The van der Waals surface area contributed by atoms with Crippen LogP contribution in [0.3, 0.4) is 0 Å². The Hall–Kier alpha value is -1.75. The minimum atomic E-state index is -0.627. The number of benzene rings is 1. The molecule has 1 aromatic rings. The molecular formula is C24H38N2O3. The lowest BCUT2D eigenvalue weighted by Gasteiger charge is -2.43. The van der Waals surface area contributed by atoms with Gasteiger partial charge in [-0.15, -0.1) is 0 Å². The van der Waals surface area contributed by atoms with Crippen LogP contribution >= 0.6 is 0 Å². The van der Waals surface area contributed by atoms with Gasteiger partial charge in [-0.1, -0.05) is 32.8 Å². The van der Waals surface area contributed by atoms with Gasteiger partial charge >= 0.3 is 6.03 Å². The van der Waals surface area contributed by atoms with Crippen LogP contribution in [0.4, 0.5) is 10.5 Å². The Balaban J connectivity index is 1.53. The number of hydrogen-bond donors (Lipinski definition) is 2. The Morgan fingerprint density at radius 2 is 1.86 bits per heavy atom. The molecule has 0 aromatic heterocycles. The van der Waals surface area contributed by atoms with Gasteiger partial charge in [0.05, 0.1) is 11.7 Å². The number of rotatable bonds is 8. The molecule has 5 nitrogen and oxygen atoms in total. The van der Waals surface area contributed by atoms with Crippen LogP contribution in [-0.2, 0) is 0 Å². The number of nitrogens with one attached hydrogen (secondary N) is 1. The fourth-order valence-electron chi connectivity index (χ4n) is 4.93. The Kier molecular flexibility index (Phi) is 7.82. The molecule has 5 heteroatoms. The summed E-state index contributed by atoms with van der Waals surface area (Å²) in [6.07, 6.45) is 10.6. The number of carbonyl (C=O) groups excluding carboxylic acids is 1. The number of urea groups is 1. The van der Waals surface area contributed by atoms with Crippen molar-refractivity contribution in [2.24, 2.45) is 5.92 Å². The number of anilines is 1. The molecule has 2 fully saturated rings. The average Bonchev–Trinajstić information content (AvgIpc) is 3.21. The summed E-state index contributed by atoms with van der Waals surface area (Å²) in [4.78, 5) is 14.6. The highest BCUT2D eigenvalue weighted by Gasteiger charge is 2.39.